The van der Waals surface area contributed by atoms with E-state index in [4.69, 9.17) is 5.21 Å². The van der Waals surface area contributed by atoms with Gasteiger partial charge >= 0.3 is 0 Å². The van der Waals surface area contributed by atoms with Gasteiger partial charge in [-0.2, -0.15) is 4.72 Å². The molecule has 1 aromatic heterocycles. The SMILES string of the molecule is CCCCCSc1nc2ccc(S(=O)(=O)N[C@H](CC(C)C)C(=O)NO)cc2s1. The van der Waals surface area contributed by atoms with Crippen LogP contribution in [0.4, 0.5) is 0 Å². The first-order valence-corrected chi connectivity index (χ1v) is 12.5. The summed E-state index contributed by atoms with van der Waals surface area (Å²) in [5.74, 6) is 0.288. The molecule has 0 aliphatic rings. The normalized spacial score (nSPS) is 13.2. The number of sulfonamides is 1. The smallest absolute Gasteiger partial charge is 0.261 e. The Bertz CT molecular complexity index is 897. The average Bonchev–Trinajstić information content (AvgIpc) is 3.05. The van der Waals surface area contributed by atoms with E-state index in [1.54, 1.807) is 23.9 Å². The molecular formula is C18H27N3O4S3. The van der Waals surface area contributed by atoms with Crippen LogP contribution in [0.25, 0.3) is 10.2 Å². The molecule has 3 N–H and O–H groups in total. The second kappa shape index (κ2) is 10.5. The number of fused-ring (bicyclic) bond motifs is 1. The number of thioether (sulfide) groups is 1. The first-order chi connectivity index (χ1) is 13.3. The molecule has 10 heteroatoms. The van der Waals surface area contributed by atoms with Crippen LogP contribution in [0.1, 0.15) is 46.5 Å². The van der Waals surface area contributed by atoms with Crippen molar-refractivity contribution in [2.45, 2.75) is 61.7 Å². The molecule has 0 saturated heterocycles. The molecule has 0 fully saturated rings. The van der Waals surface area contributed by atoms with Gasteiger partial charge in [-0.05, 0) is 37.0 Å². The number of thiazole rings is 1. The number of carbonyl (C=O) groups excluding carboxylic acids is 1. The molecule has 156 valence electrons. The van der Waals surface area contributed by atoms with Crippen molar-refractivity contribution in [3.8, 4) is 0 Å². The molecule has 0 saturated carbocycles. The van der Waals surface area contributed by atoms with Crippen molar-refractivity contribution in [2.24, 2.45) is 5.92 Å². The van der Waals surface area contributed by atoms with Crippen LogP contribution >= 0.6 is 23.1 Å². The Labute approximate surface area is 174 Å². The van der Waals surface area contributed by atoms with Crippen LogP contribution in [0.3, 0.4) is 0 Å². The van der Waals surface area contributed by atoms with Gasteiger partial charge in [-0.25, -0.2) is 18.9 Å². The van der Waals surface area contributed by atoms with Gasteiger partial charge in [0.1, 0.15) is 6.04 Å². The number of aromatic nitrogens is 1. The minimum Gasteiger partial charge on any atom is -0.289 e. The van der Waals surface area contributed by atoms with Crippen molar-refractivity contribution < 1.29 is 18.4 Å². The van der Waals surface area contributed by atoms with Crippen LogP contribution in [0.2, 0.25) is 0 Å². The van der Waals surface area contributed by atoms with E-state index < -0.39 is 22.0 Å². The number of hydrogen-bond donors (Lipinski definition) is 3. The fraction of sp³-hybridized carbons (Fsp3) is 0.556. The van der Waals surface area contributed by atoms with Gasteiger partial charge in [-0.1, -0.05) is 45.4 Å². The van der Waals surface area contributed by atoms with Crippen molar-refractivity contribution in [3.63, 3.8) is 0 Å². The fourth-order valence-electron chi connectivity index (χ4n) is 2.64. The van der Waals surface area contributed by atoms with Crippen LogP contribution in [0, 0.1) is 5.92 Å². The molecule has 1 amide bonds. The topological polar surface area (TPSA) is 108 Å². The molecular weight excluding hydrogens is 418 g/mol. The van der Waals surface area contributed by atoms with Crippen molar-refractivity contribution in [3.05, 3.63) is 18.2 Å². The zero-order valence-corrected chi connectivity index (χ0v) is 18.7. The first-order valence-electron chi connectivity index (χ1n) is 9.26. The van der Waals surface area contributed by atoms with E-state index in [-0.39, 0.29) is 17.2 Å². The summed E-state index contributed by atoms with van der Waals surface area (Å²) >= 11 is 3.15. The number of carbonyl (C=O) groups is 1. The van der Waals surface area contributed by atoms with Crippen LogP contribution in [-0.2, 0) is 14.8 Å². The Morgan fingerprint density at radius 3 is 2.71 bits per heavy atom. The van der Waals surface area contributed by atoms with Gasteiger partial charge in [0.2, 0.25) is 10.0 Å². The summed E-state index contributed by atoms with van der Waals surface area (Å²) in [4.78, 5) is 16.4. The monoisotopic (exact) mass is 445 g/mol. The highest BCUT2D eigenvalue weighted by Gasteiger charge is 2.26. The van der Waals surface area contributed by atoms with Crippen molar-refractivity contribution in [1.82, 2.24) is 15.2 Å². The van der Waals surface area contributed by atoms with Gasteiger partial charge < -0.3 is 0 Å². The zero-order chi connectivity index (χ0) is 20.7. The Hall–Kier alpha value is -1.20. The van der Waals surface area contributed by atoms with Gasteiger partial charge in [0.05, 0.1) is 15.1 Å². The predicted molar refractivity (Wildman–Crippen MR) is 113 cm³/mol. The summed E-state index contributed by atoms with van der Waals surface area (Å²) in [6, 6.07) is 3.70. The molecule has 1 heterocycles. The number of amides is 1. The van der Waals surface area contributed by atoms with E-state index >= 15 is 0 Å². The van der Waals surface area contributed by atoms with E-state index in [1.165, 1.54) is 35.7 Å². The second-order valence-corrected chi connectivity index (χ2v) is 11.0. The molecule has 1 aromatic carbocycles. The Kier molecular flexibility index (Phi) is 8.69. The van der Waals surface area contributed by atoms with Crippen LogP contribution in [0.5, 0.6) is 0 Å². The van der Waals surface area contributed by atoms with Gasteiger partial charge in [-0.15, -0.1) is 11.3 Å². The highest BCUT2D eigenvalue weighted by Crippen LogP contribution is 2.31. The maximum absolute atomic E-state index is 12.7. The van der Waals surface area contributed by atoms with Crippen LogP contribution in [0.15, 0.2) is 27.4 Å². The Morgan fingerprint density at radius 2 is 2.07 bits per heavy atom. The fourth-order valence-corrected chi connectivity index (χ4v) is 6.12. The molecule has 0 aliphatic heterocycles. The quantitative estimate of drug-likeness (QED) is 0.210. The summed E-state index contributed by atoms with van der Waals surface area (Å²) in [6.07, 6.45) is 3.75. The lowest BCUT2D eigenvalue weighted by Gasteiger charge is -2.18. The maximum Gasteiger partial charge on any atom is 0.261 e. The maximum atomic E-state index is 12.7. The van der Waals surface area contributed by atoms with E-state index in [9.17, 15) is 13.2 Å². The summed E-state index contributed by atoms with van der Waals surface area (Å²) < 4.78 is 29.6. The highest BCUT2D eigenvalue weighted by atomic mass is 32.2. The number of rotatable bonds is 11. The standard InChI is InChI=1S/C18H27N3O4S3/c1-4-5-6-9-26-18-19-14-8-7-13(11-16(14)27-18)28(24,25)21-15(10-12(2)3)17(22)20-23/h7-8,11-12,15,21,23H,4-6,9-10H2,1-3H3,(H,20,22)/t15-/m1/s1. The molecule has 1 atom stereocenters. The minimum absolute atomic E-state index is 0.0706. The number of nitrogens with one attached hydrogen (secondary N) is 2. The van der Waals surface area contributed by atoms with E-state index in [0.717, 1.165) is 26.7 Å². The van der Waals surface area contributed by atoms with Crippen molar-refractivity contribution >= 4 is 49.2 Å². The highest BCUT2D eigenvalue weighted by molar-refractivity contribution is 8.01. The summed E-state index contributed by atoms with van der Waals surface area (Å²) in [7, 11) is -3.92. The van der Waals surface area contributed by atoms with Crippen LogP contribution < -0.4 is 10.2 Å². The lowest BCUT2D eigenvalue weighted by Crippen LogP contribution is -2.46. The third-order valence-corrected chi connectivity index (χ3v) is 7.77. The van der Waals surface area contributed by atoms with Crippen LogP contribution in [-0.4, -0.2) is 36.3 Å². The predicted octanol–water partition coefficient (Wildman–Crippen LogP) is 3.78. The van der Waals surface area contributed by atoms with Crippen molar-refractivity contribution in [1.29, 1.82) is 0 Å². The summed E-state index contributed by atoms with van der Waals surface area (Å²) in [5, 5.41) is 8.89. The van der Waals surface area contributed by atoms with Gasteiger partial charge in [-0.3, -0.25) is 10.0 Å². The number of nitrogens with zero attached hydrogens (tertiary/aromatic N) is 1. The summed E-state index contributed by atoms with van der Waals surface area (Å²) in [5.41, 5.74) is 2.29. The van der Waals surface area contributed by atoms with Crippen molar-refractivity contribution in [2.75, 3.05) is 5.75 Å². The number of hydrogen-bond acceptors (Lipinski definition) is 7. The van der Waals surface area contributed by atoms with E-state index in [2.05, 4.69) is 16.6 Å². The Morgan fingerprint density at radius 1 is 1.32 bits per heavy atom. The molecule has 28 heavy (non-hydrogen) atoms. The summed E-state index contributed by atoms with van der Waals surface area (Å²) in [6.45, 7) is 5.90. The number of hydroxylamine groups is 1. The van der Waals surface area contributed by atoms with Gasteiger partial charge in [0, 0.05) is 5.75 Å². The molecule has 0 unspecified atom stereocenters. The largest absolute Gasteiger partial charge is 0.289 e. The van der Waals surface area contributed by atoms with Gasteiger partial charge in [0.15, 0.2) is 4.34 Å². The van der Waals surface area contributed by atoms with E-state index in [1.807, 2.05) is 13.8 Å². The molecule has 2 aromatic rings. The third kappa shape index (κ3) is 6.41. The Balaban J connectivity index is 2.18. The molecule has 0 radical (unpaired) electrons. The molecule has 0 bridgehead atoms. The number of benzene rings is 1. The second-order valence-electron chi connectivity index (χ2n) is 6.94. The van der Waals surface area contributed by atoms with E-state index in [0.29, 0.717) is 0 Å². The third-order valence-electron chi connectivity index (χ3n) is 4.06. The molecule has 7 nitrogen and oxygen atoms in total. The average molecular weight is 446 g/mol. The molecule has 0 spiro atoms. The van der Waals surface area contributed by atoms with Gasteiger partial charge in [0.25, 0.3) is 5.91 Å². The lowest BCUT2D eigenvalue weighted by atomic mass is 10.0. The molecule has 0 aliphatic carbocycles. The minimum atomic E-state index is -3.92. The zero-order valence-electron chi connectivity index (χ0n) is 16.3. The number of unbranched alkanes of at least 4 members (excludes halogenated alkanes) is 2. The lowest BCUT2D eigenvalue weighted by molar-refractivity contribution is -0.131. The molecule has 2 rings (SSSR count). The first kappa shape index (κ1) is 23.1.